The third-order valence-electron chi connectivity index (χ3n) is 5.02. The minimum absolute atomic E-state index is 0. The van der Waals surface area contributed by atoms with Crippen LogP contribution in [0.4, 0.5) is 0 Å². The van der Waals surface area contributed by atoms with Crippen molar-refractivity contribution in [2.24, 2.45) is 4.99 Å². The van der Waals surface area contributed by atoms with Gasteiger partial charge in [0.25, 0.3) is 0 Å². The molecule has 0 aliphatic carbocycles. The highest BCUT2D eigenvalue weighted by Gasteiger charge is 2.22. The number of furan rings is 1. The van der Waals surface area contributed by atoms with Gasteiger partial charge in [0.15, 0.2) is 11.7 Å². The molecule has 1 aliphatic heterocycles. The summed E-state index contributed by atoms with van der Waals surface area (Å²) in [5.74, 6) is 2.95. The Labute approximate surface area is 200 Å². The Hall–Kier alpha value is -2.15. The number of hydrogen-bond acceptors (Lipinski definition) is 6. The fourth-order valence-electron chi connectivity index (χ4n) is 3.28. The van der Waals surface area contributed by atoms with Crippen LogP contribution < -0.4 is 10.6 Å². The van der Waals surface area contributed by atoms with E-state index in [-0.39, 0.29) is 29.9 Å². The molecule has 1 saturated heterocycles. The Morgan fingerprint density at radius 2 is 2.16 bits per heavy atom. The van der Waals surface area contributed by atoms with Crippen LogP contribution in [0.3, 0.4) is 0 Å². The zero-order valence-corrected chi connectivity index (χ0v) is 20.8. The first-order valence-corrected chi connectivity index (χ1v) is 10.5. The minimum Gasteiger partial charge on any atom is -0.461 e. The highest BCUT2D eigenvalue weighted by molar-refractivity contribution is 14.0. The smallest absolute Gasteiger partial charge is 0.236 e. The quantitative estimate of drug-likeness (QED) is 0.261. The van der Waals surface area contributed by atoms with E-state index in [1.807, 2.05) is 12.1 Å². The molecule has 31 heavy (non-hydrogen) atoms. The van der Waals surface area contributed by atoms with Crippen molar-refractivity contribution in [2.45, 2.75) is 32.2 Å². The zero-order valence-electron chi connectivity index (χ0n) is 18.4. The summed E-state index contributed by atoms with van der Waals surface area (Å²) in [5.41, 5.74) is 0. The Balaban J connectivity index is 0.00000341. The molecule has 1 fully saturated rings. The molecule has 3 N–H and O–H groups in total. The van der Waals surface area contributed by atoms with E-state index in [1.54, 1.807) is 25.3 Å². The third kappa shape index (κ3) is 7.80. The maximum atomic E-state index is 11.9. The fraction of sp³-hybridized carbons (Fsp3) is 0.600. The van der Waals surface area contributed by atoms with Crippen LogP contribution in [-0.2, 0) is 11.2 Å². The summed E-state index contributed by atoms with van der Waals surface area (Å²) in [5, 5.41) is 14.0. The number of rotatable bonds is 8. The normalized spacial score (nSPS) is 15.4. The van der Waals surface area contributed by atoms with Gasteiger partial charge in [-0.1, -0.05) is 0 Å². The molecule has 1 amide bonds. The van der Waals surface area contributed by atoms with Gasteiger partial charge in [0, 0.05) is 52.7 Å². The molecule has 2 aromatic rings. The molecule has 10 nitrogen and oxygen atoms in total. The topological polar surface area (TPSA) is 115 Å². The lowest BCUT2D eigenvalue weighted by Crippen LogP contribution is -2.50. The van der Waals surface area contributed by atoms with Crippen LogP contribution in [-0.4, -0.2) is 89.7 Å². The lowest BCUT2D eigenvalue weighted by molar-refractivity contribution is -0.130. The number of likely N-dealkylation sites (N-methyl/N-ethyl adjacent to an activating group) is 1. The first kappa shape index (κ1) is 25.1. The summed E-state index contributed by atoms with van der Waals surface area (Å²) in [6.07, 6.45) is 4.24. The molecule has 3 rings (SSSR count). The van der Waals surface area contributed by atoms with Crippen LogP contribution in [0.15, 0.2) is 27.8 Å². The van der Waals surface area contributed by atoms with Gasteiger partial charge in [-0.15, -0.1) is 24.0 Å². The molecule has 11 heteroatoms. The number of hydrogen-bond donors (Lipinski definition) is 3. The van der Waals surface area contributed by atoms with Crippen molar-refractivity contribution >= 4 is 35.8 Å². The Kier molecular flexibility index (Phi) is 10.2. The predicted molar refractivity (Wildman–Crippen MR) is 130 cm³/mol. The number of amides is 1. The predicted octanol–water partition coefficient (Wildman–Crippen LogP) is 1.33. The Morgan fingerprint density at radius 1 is 1.39 bits per heavy atom. The van der Waals surface area contributed by atoms with Gasteiger partial charge in [0.2, 0.25) is 11.7 Å². The first-order valence-electron chi connectivity index (χ1n) is 10.5. The number of likely N-dealkylation sites (tertiary alicyclic amines) is 1. The Bertz CT molecular complexity index is 813. The molecule has 0 bridgehead atoms. The van der Waals surface area contributed by atoms with Gasteiger partial charge in [0.1, 0.15) is 5.82 Å². The van der Waals surface area contributed by atoms with Crippen molar-refractivity contribution in [1.82, 2.24) is 35.6 Å². The molecular formula is C20H33IN8O2. The number of piperidine rings is 1. The second kappa shape index (κ2) is 12.6. The summed E-state index contributed by atoms with van der Waals surface area (Å²) < 4.78 is 5.32. The van der Waals surface area contributed by atoms with Gasteiger partial charge in [-0.05, 0) is 31.9 Å². The molecule has 0 atom stereocenters. The summed E-state index contributed by atoms with van der Waals surface area (Å²) in [6, 6.07) is 4.00. The Morgan fingerprint density at radius 3 is 2.81 bits per heavy atom. The maximum absolute atomic E-state index is 11.9. The third-order valence-corrected chi connectivity index (χ3v) is 5.02. The van der Waals surface area contributed by atoms with Crippen LogP contribution in [0.5, 0.6) is 0 Å². The number of carbonyl (C=O) groups excluding carboxylic acids is 1. The summed E-state index contributed by atoms with van der Waals surface area (Å²) in [4.78, 5) is 24.9. The molecule has 0 radical (unpaired) electrons. The SMILES string of the molecule is CCNC(=NCCc1nc(-c2ccco2)n[nH]1)NC1CCN(CC(=O)N(C)C)CC1.I. The molecular weight excluding hydrogens is 511 g/mol. The highest BCUT2D eigenvalue weighted by atomic mass is 127. The molecule has 2 aromatic heterocycles. The number of H-pyrrole nitrogens is 1. The number of halogens is 1. The number of aromatic amines is 1. The van der Waals surface area contributed by atoms with Crippen LogP contribution in [0.2, 0.25) is 0 Å². The van der Waals surface area contributed by atoms with E-state index in [2.05, 4.69) is 42.6 Å². The standard InChI is InChI=1S/C20H32N8O2.HI/c1-4-21-20(23-15-8-11-28(12-9-15)14-18(29)27(2)3)22-10-7-17-24-19(26-25-17)16-6-5-13-30-16;/h5-6,13,15H,4,7-12,14H2,1-3H3,(H2,21,22,23)(H,24,25,26);1H. The van der Waals surface area contributed by atoms with Gasteiger partial charge >= 0.3 is 0 Å². The fourth-order valence-corrected chi connectivity index (χ4v) is 3.28. The van der Waals surface area contributed by atoms with Gasteiger partial charge in [-0.25, -0.2) is 4.98 Å². The first-order chi connectivity index (χ1) is 14.5. The lowest BCUT2D eigenvalue weighted by Gasteiger charge is -2.33. The van der Waals surface area contributed by atoms with E-state index in [0.29, 0.717) is 37.1 Å². The van der Waals surface area contributed by atoms with Crippen molar-refractivity contribution in [3.63, 3.8) is 0 Å². The maximum Gasteiger partial charge on any atom is 0.236 e. The molecule has 0 spiro atoms. The van der Waals surface area contributed by atoms with Crippen molar-refractivity contribution in [2.75, 3.05) is 46.8 Å². The lowest BCUT2D eigenvalue weighted by atomic mass is 10.1. The zero-order chi connectivity index (χ0) is 21.3. The van der Waals surface area contributed by atoms with Crippen molar-refractivity contribution < 1.29 is 9.21 Å². The number of guanidine groups is 1. The average Bonchev–Trinajstić information content (AvgIpc) is 3.41. The second-order valence-corrected chi connectivity index (χ2v) is 7.58. The number of nitrogens with one attached hydrogen (secondary N) is 3. The second-order valence-electron chi connectivity index (χ2n) is 7.58. The van der Waals surface area contributed by atoms with Gasteiger partial charge < -0.3 is 20.0 Å². The molecule has 1 aliphatic rings. The van der Waals surface area contributed by atoms with E-state index < -0.39 is 0 Å². The van der Waals surface area contributed by atoms with E-state index in [1.165, 1.54) is 0 Å². The van der Waals surface area contributed by atoms with Gasteiger partial charge in [-0.2, -0.15) is 5.10 Å². The molecule has 3 heterocycles. The van der Waals surface area contributed by atoms with Gasteiger partial charge in [0.05, 0.1) is 12.8 Å². The molecule has 0 unspecified atom stereocenters. The number of aliphatic imine (C=N–C) groups is 1. The largest absolute Gasteiger partial charge is 0.461 e. The number of carbonyl (C=O) groups is 1. The number of nitrogens with zero attached hydrogens (tertiary/aromatic N) is 5. The van der Waals surface area contributed by atoms with Crippen molar-refractivity contribution in [1.29, 1.82) is 0 Å². The monoisotopic (exact) mass is 544 g/mol. The molecule has 172 valence electrons. The summed E-state index contributed by atoms with van der Waals surface area (Å²) in [6.45, 7) is 5.75. The van der Waals surface area contributed by atoms with Crippen molar-refractivity contribution in [3.05, 3.63) is 24.2 Å². The summed E-state index contributed by atoms with van der Waals surface area (Å²) in [7, 11) is 3.60. The molecule has 0 saturated carbocycles. The van der Waals surface area contributed by atoms with E-state index in [0.717, 1.165) is 44.3 Å². The summed E-state index contributed by atoms with van der Waals surface area (Å²) >= 11 is 0. The van der Waals surface area contributed by atoms with Crippen LogP contribution in [0, 0.1) is 0 Å². The van der Waals surface area contributed by atoms with Gasteiger partial charge in [-0.3, -0.25) is 19.8 Å². The van der Waals surface area contributed by atoms with Crippen molar-refractivity contribution in [3.8, 4) is 11.6 Å². The van der Waals surface area contributed by atoms with E-state index in [9.17, 15) is 4.79 Å². The van der Waals surface area contributed by atoms with E-state index in [4.69, 9.17) is 4.42 Å². The highest BCUT2D eigenvalue weighted by Crippen LogP contribution is 2.14. The number of aromatic nitrogens is 3. The minimum atomic E-state index is 0. The average molecular weight is 544 g/mol. The van der Waals surface area contributed by atoms with E-state index >= 15 is 0 Å². The van der Waals surface area contributed by atoms with Crippen LogP contribution >= 0.6 is 24.0 Å². The van der Waals surface area contributed by atoms with Crippen LogP contribution in [0.1, 0.15) is 25.6 Å². The molecule has 0 aromatic carbocycles. The van der Waals surface area contributed by atoms with Crippen LogP contribution in [0.25, 0.3) is 11.6 Å².